The highest BCUT2D eigenvalue weighted by Crippen LogP contribution is 2.20. The number of amides is 1. The normalized spacial score (nSPS) is 18.0. The van der Waals surface area contributed by atoms with Crippen molar-refractivity contribution in [2.45, 2.75) is 64.0 Å². The molecule has 0 radical (unpaired) electrons. The molecule has 2 aromatic rings. The van der Waals surface area contributed by atoms with Crippen LogP contribution in [0.25, 0.3) is 6.08 Å². The average molecular weight is 404 g/mol. The summed E-state index contributed by atoms with van der Waals surface area (Å²) < 4.78 is 1.62. The molecule has 1 aromatic heterocycles. The molecule has 5 nitrogen and oxygen atoms in total. The zero-order valence-electron chi connectivity index (χ0n) is 17.5. The maximum Gasteiger partial charge on any atom is 0.256 e. The molecule has 1 heterocycles. The topological polar surface area (TPSA) is 63.5 Å². The molecule has 4 rings (SSSR count). The van der Waals surface area contributed by atoms with Crippen LogP contribution in [0.5, 0.6) is 0 Å². The molecule has 0 spiro atoms. The third-order valence-electron chi connectivity index (χ3n) is 5.72. The van der Waals surface area contributed by atoms with Crippen molar-refractivity contribution in [1.29, 1.82) is 0 Å². The van der Waals surface area contributed by atoms with E-state index in [2.05, 4.69) is 5.32 Å². The minimum absolute atomic E-state index is 0.0340. The highest BCUT2D eigenvalue weighted by molar-refractivity contribution is 5.95. The van der Waals surface area contributed by atoms with Crippen LogP contribution < -0.4 is 10.8 Å². The Balaban J connectivity index is 1.48. The summed E-state index contributed by atoms with van der Waals surface area (Å²) in [6.07, 6.45) is 13.2. The Kier molecular flexibility index (Phi) is 6.26. The van der Waals surface area contributed by atoms with Gasteiger partial charge in [-0.05, 0) is 74.1 Å². The van der Waals surface area contributed by atoms with Gasteiger partial charge in [0.2, 0.25) is 0 Å². The van der Waals surface area contributed by atoms with E-state index >= 15 is 0 Å². The number of benzene rings is 1. The van der Waals surface area contributed by atoms with E-state index in [0.717, 1.165) is 42.3 Å². The Morgan fingerprint density at radius 2 is 1.77 bits per heavy atom. The van der Waals surface area contributed by atoms with Crippen molar-refractivity contribution in [3.8, 4) is 0 Å². The fourth-order valence-electron chi connectivity index (χ4n) is 3.76. The van der Waals surface area contributed by atoms with Gasteiger partial charge in [0.15, 0.2) is 0 Å². The number of rotatable bonds is 5. The third kappa shape index (κ3) is 5.35. The van der Waals surface area contributed by atoms with Crippen LogP contribution in [0.15, 0.2) is 53.7 Å². The lowest BCUT2D eigenvalue weighted by Crippen LogP contribution is -2.28. The highest BCUT2D eigenvalue weighted by atomic mass is 16.2. The number of pyridine rings is 1. The van der Waals surface area contributed by atoms with Crippen LogP contribution in [-0.2, 0) is 0 Å². The molecule has 2 aliphatic carbocycles. The van der Waals surface area contributed by atoms with E-state index in [4.69, 9.17) is 4.99 Å². The molecule has 1 N–H and O–H groups in total. The first-order chi connectivity index (χ1) is 14.6. The first-order valence-corrected chi connectivity index (χ1v) is 10.9. The maximum absolute atomic E-state index is 12.8. The average Bonchev–Trinajstić information content (AvgIpc) is 3.57. The van der Waals surface area contributed by atoms with E-state index in [1.54, 1.807) is 35.0 Å². The van der Waals surface area contributed by atoms with Crippen molar-refractivity contribution in [3.63, 3.8) is 0 Å². The predicted octanol–water partition coefficient (Wildman–Crippen LogP) is 4.28. The van der Waals surface area contributed by atoms with Gasteiger partial charge in [-0.1, -0.05) is 31.4 Å². The molecule has 0 bridgehead atoms. The monoisotopic (exact) mass is 403 g/mol. The number of hydrogen-bond acceptors (Lipinski definition) is 3. The smallest absolute Gasteiger partial charge is 0.256 e. The van der Waals surface area contributed by atoms with E-state index in [-0.39, 0.29) is 11.8 Å². The van der Waals surface area contributed by atoms with Crippen LogP contribution in [0.3, 0.4) is 0 Å². The van der Waals surface area contributed by atoms with Gasteiger partial charge in [-0.25, -0.2) is 0 Å². The van der Waals surface area contributed by atoms with Gasteiger partial charge in [-0.3, -0.25) is 19.1 Å². The molecular formula is C25H29N3O2. The fourth-order valence-corrected chi connectivity index (χ4v) is 3.76. The summed E-state index contributed by atoms with van der Waals surface area (Å²) in [6.45, 7) is 2.02. The summed E-state index contributed by atoms with van der Waals surface area (Å²) >= 11 is 0. The van der Waals surface area contributed by atoms with Gasteiger partial charge in [0.05, 0.1) is 6.04 Å². The van der Waals surface area contributed by atoms with Gasteiger partial charge in [-0.2, -0.15) is 0 Å². The second kappa shape index (κ2) is 9.24. The molecule has 156 valence electrons. The largest absolute Gasteiger partial charge is 0.349 e. The number of hydrogen-bond donors (Lipinski definition) is 1. The molecule has 1 aromatic carbocycles. The fraction of sp³-hybridized carbons (Fsp3) is 0.400. The lowest BCUT2D eigenvalue weighted by atomic mass is 9.96. The van der Waals surface area contributed by atoms with Crippen molar-refractivity contribution in [1.82, 2.24) is 9.88 Å². The SMILES string of the molecule is Cc1ccn(C(=O)/C=C/c2ccc(C(=O)NC3CC3)cc2)c(=NC2CCCCC2)c1. The highest BCUT2D eigenvalue weighted by Gasteiger charge is 2.23. The van der Waals surface area contributed by atoms with Crippen molar-refractivity contribution in [2.24, 2.45) is 4.99 Å². The lowest BCUT2D eigenvalue weighted by Gasteiger charge is -2.17. The maximum atomic E-state index is 12.8. The first-order valence-electron chi connectivity index (χ1n) is 10.9. The Hall–Kier alpha value is -2.95. The van der Waals surface area contributed by atoms with Gasteiger partial charge in [-0.15, -0.1) is 0 Å². The molecule has 0 unspecified atom stereocenters. The Labute approximate surface area is 177 Å². The van der Waals surface area contributed by atoms with Gasteiger partial charge in [0.25, 0.3) is 11.8 Å². The lowest BCUT2D eigenvalue weighted by molar-refractivity contribution is 0.0947. The summed E-state index contributed by atoms with van der Waals surface area (Å²) in [7, 11) is 0. The second-order valence-corrected chi connectivity index (χ2v) is 8.39. The van der Waals surface area contributed by atoms with E-state index in [0.29, 0.717) is 17.6 Å². The number of carbonyl (C=O) groups is 2. The van der Waals surface area contributed by atoms with Gasteiger partial charge < -0.3 is 5.32 Å². The summed E-state index contributed by atoms with van der Waals surface area (Å²) in [5.74, 6) is -0.159. The standard InChI is InChI=1S/C25H29N3O2/c1-18-15-16-28(23(17-18)26-21-5-3-2-4-6-21)24(29)14-9-19-7-10-20(11-8-19)25(30)27-22-12-13-22/h7-11,14-17,21-22H,2-6,12-13H2,1H3,(H,27,30)/b14-9+,26-23?. The Bertz CT molecular complexity index is 1010. The second-order valence-electron chi connectivity index (χ2n) is 8.39. The van der Waals surface area contributed by atoms with Gasteiger partial charge in [0, 0.05) is 23.9 Å². The molecule has 0 aliphatic heterocycles. The molecule has 2 saturated carbocycles. The molecule has 30 heavy (non-hydrogen) atoms. The predicted molar refractivity (Wildman–Crippen MR) is 118 cm³/mol. The molecule has 0 saturated heterocycles. The summed E-state index contributed by atoms with van der Waals surface area (Å²) in [4.78, 5) is 29.8. The minimum Gasteiger partial charge on any atom is -0.349 e. The molecule has 1 amide bonds. The molecular weight excluding hydrogens is 374 g/mol. The van der Waals surface area contributed by atoms with E-state index in [1.165, 1.54) is 19.3 Å². The van der Waals surface area contributed by atoms with Crippen molar-refractivity contribution < 1.29 is 9.59 Å². The summed E-state index contributed by atoms with van der Waals surface area (Å²) in [6, 6.07) is 11.9. The van der Waals surface area contributed by atoms with Crippen molar-refractivity contribution >= 4 is 17.9 Å². The molecule has 5 heteroatoms. The van der Waals surface area contributed by atoms with E-state index in [9.17, 15) is 9.59 Å². The van der Waals surface area contributed by atoms with E-state index in [1.807, 2.05) is 31.2 Å². The van der Waals surface area contributed by atoms with Gasteiger partial charge >= 0.3 is 0 Å². The number of aryl methyl sites for hydroxylation is 1. The van der Waals surface area contributed by atoms with Crippen LogP contribution in [0.2, 0.25) is 0 Å². The molecule has 2 aliphatic rings. The number of allylic oxidation sites excluding steroid dienone is 1. The minimum atomic E-state index is -0.125. The Morgan fingerprint density at radius 1 is 1.03 bits per heavy atom. The van der Waals surface area contributed by atoms with E-state index < -0.39 is 0 Å². The number of aromatic nitrogens is 1. The summed E-state index contributed by atoms with van der Waals surface area (Å²) in [5.41, 5.74) is 3.35. The van der Waals surface area contributed by atoms with Crippen molar-refractivity contribution in [2.75, 3.05) is 0 Å². The Morgan fingerprint density at radius 3 is 2.47 bits per heavy atom. The number of nitrogens with one attached hydrogen (secondary N) is 1. The van der Waals surface area contributed by atoms with Gasteiger partial charge in [0.1, 0.15) is 5.49 Å². The van der Waals surface area contributed by atoms with Crippen LogP contribution in [0.4, 0.5) is 0 Å². The third-order valence-corrected chi connectivity index (χ3v) is 5.72. The first kappa shape index (κ1) is 20.3. The molecule has 2 fully saturated rings. The quantitative estimate of drug-likeness (QED) is 0.758. The van der Waals surface area contributed by atoms with Crippen LogP contribution in [0, 0.1) is 6.92 Å². The molecule has 0 atom stereocenters. The zero-order valence-corrected chi connectivity index (χ0v) is 17.5. The number of nitrogens with zero attached hydrogens (tertiary/aromatic N) is 2. The van der Waals surface area contributed by atoms with Crippen LogP contribution >= 0.6 is 0 Å². The van der Waals surface area contributed by atoms with Crippen LogP contribution in [0.1, 0.15) is 71.2 Å². The zero-order chi connectivity index (χ0) is 20.9. The van der Waals surface area contributed by atoms with Crippen LogP contribution in [-0.4, -0.2) is 28.5 Å². The summed E-state index contributed by atoms with van der Waals surface area (Å²) in [5, 5.41) is 2.98. The number of carbonyl (C=O) groups excluding carboxylic acids is 2. The van der Waals surface area contributed by atoms with Crippen molar-refractivity contribution in [3.05, 3.63) is 70.8 Å².